The Morgan fingerprint density at radius 2 is 2.00 bits per heavy atom. The predicted octanol–water partition coefficient (Wildman–Crippen LogP) is 2.12. The van der Waals surface area contributed by atoms with Crippen LogP contribution < -0.4 is 10.1 Å². The molecule has 1 heterocycles. The Morgan fingerprint density at radius 3 is 2.60 bits per heavy atom. The van der Waals surface area contributed by atoms with Gasteiger partial charge in [0.25, 0.3) is 0 Å². The van der Waals surface area contributed by atoms with Crippen molar-refractivity contribution in [1.29, 1.82) is 0 Å². The number of hydrogen-bond donors (Lipinski definition) is 1. The number of aromatic amines is 1. The van der Waals surface area contributed by atoms with E-state index in [1.165, 1.54) is 10.7 Å². The summed E-state index contributed by atoms with van der Waals surface area (Å²) in [5.74, 6) is 0.858. The minimum absolute atomic E-state index is 0.858. The molecular formula is C11H16N2OSi. The summed E-state index contributed by atoms with van der Waals surface area (Å²) in [5.41, 5.74) is 0.992. The highest BCUT2D eigenvalue weighted by atomic mass is 28.3. The second kappa shape index (κ2) is 3.38. The zero-order chi connectivity index (χ0) is 11.1. The quantitative estimate of drug-likeness (QED) is 0.787. The van der Waals surface area contributed by atoms with E-state index in [1.807, 2.05) is 12.1 Å². The van der Waals surface area contributed by atoms with Crippen molar-refractivity contribution >= 4 is 24.3 Å². The van der Waals surface area contributed by atoms with Crippen LogP contribution in [0.25, 0.3) is 10.9 Å². The fourth-order valence-electron chi connectivity index (χ4n) is 1.69. The van der Waals surface area contributed by atoms with Gasteiger partial charge in [-0.2, -0.15) is 5.10 Å². The highest BCUT2D eigenvalue weighted by molar-refractivity contribution is 6.89. The largest absolute Gasteiger partial charge is 0.497 e. The molecule has 4 heteroatoms. The molecular weight excluding hydrogens is 204 g/mol. The molecule has 0 fully saturated rings. The van der Waals surface area contributed by atoms with Crippen molar-refractivity contribution in [3.63, 3.8) is 0 Å². The Morgan fingerprint density at radius 1 is 1.27 bits per heavy atom. The Bertz CT molecular complexity index is 485. The number of methoxy groups -OCH3 is 1. The maximum Gasteiger partial charge on any atom is 0.121 e. The summed E-state index contributed by atoms with van der Waals surface area (Å²) in [7, 11) is 0.342. The fraction of sp³-hybridized carbons (Fsp3) is 0.364. The fourth-order valence-corrected chi connectivity index (χ4v) is 3.10. The summed E-state index contributed by atoms with van der Waals surface area (Å²) in [4.78, 5) is 0. The van der Waals surface area contributed by atoms with Crippen molar-refractivity contribution in [2.75, 3.05) is 7.11 Å². The van der Waals surface area contributed by atoms with E-state index in [4.69, 9.17) is 4.74 Å². The minimum atomic E-state index is -1.33. The first-order valence-electron chi connectivity index (χ1n) is 5.05. The first-order chi connectivity index (χ1) is 7.02. The molecule has 0 atom stereocenters. The molecule has 1 N–H and O–H groups in total. The van der Waals surface area contributed by atoms with Crippen LogP contribution in [0.4, 0.5) is 0 Å². The third-order valence-electron chi connectivity index (χ3n) is 2.51. The van der Waals surface area contributed by atoms with Crippen molar-refractivity contribution in [2.45, 2.75) is 19.6 Å². The summed E-state index contributed by atoms with van der Waals surface area (Å²) < 4.78 is 5.17. The third-order valence-corrected chi connectivity index (χ3v) is 4.39. The molecule has 2 rings (SSSR count). The van der Waals surface area contributed by atoms with Gasteiger partial charge in [-0.3, -0.25) is 5.10 Å². The Balaban J connectivity index is 2.62. The molecule has 1 aromatic carbocycles. The van der Waals surface area contributed by atoms with E-state index in [0.717, 1.165) is 11.3 Å². The molecule has 15 heavy (non-hydrogen) atoms. The molecule has 0 aliphatic rings. The van der Waals surface area contributed by atoms with Crippen molar-refractivity contribution in [2.24, 2.45) is 0 Å². The summed E-state index contributed by atoms with van der Waals surface area (Å²) in [5, 5.41) is 10.0. The number of hydrogen-bond acceptors (Lipinski definition) is 2. The number of nitrogens with zero attached hydrogens (tertiary/aromatic N) is 1. The molecule has 0 aliphatic heterocycles. The highest BCUT2D eigenvalue weighted by Gasteiger charge is 2.21. The Labute approximate surface area is 90.5 Å². The monoisotopic (exact) mass is 220 g/mol. The van der Waals surface area contributed by atoms with Crippen LogP contribution >= 0.6 is 0 Å². The second-order valence-corrected chi connectivity index (χ2v) is 9.73. The van der Waals surface area contributed by atoms with Gasteiger partial charge in [-0.15, -0.1) is 0 Å². The van der Waals surface area contributed by atoms with Gasteiger partial charge < -0.3 is 4.74 Å². The number of nitrogens with one attached hydrogen (secondary N) is 1. The summed E-state index contributed by atoms with van der Waals surface area (Å²) in [6.45, 7) is 6.93. The van der Waals surface area contributed by atoms with E-state index in [9.17, 15) is 0 Å². The zero-order valence-corrected chi connectivity index (χ0v) is 10.6. The van der Waals surface area contributed by atoms with E-state index in [-0.39, 0.29) is 0 Å². The first-order valence-corrected chi connectivity index (χ1v) is 8.55. The Kier molecular flexibility index (Phi) is 2.30. The van der Waals surface area contributed by atoms with E-state index in [0.29, 0.717) is 0 Å². The lowest BCUT2D eigenvalue weighted by Gasteiger charge is -2.13. The average molecular weight is 220 g/mol. The number of benzene rings is 1. The molecule has 3 nitrogen and oxygen atoms in total. The second-order valence-electron chi connectivity index (χ2n) is 4.73. The van der Waals surface area contributed by atoms with Crippen molar-refractivity contribution in [1.82, 2.24) is 10.2 Å². The molecule has 80 valence electrons. The zero-order valence-electron chi connectivity index (χ0n) is 9.59. The number of fused-ring (bicyclic) bond motifs is 1. The SMILES string of the molecule is COc1ccc2c([Si](C)(C)C)[nH]nc2c1. The standard InChI is InChI=1S/C11H16N2OSi/c1-14-8-5-6-9-10(7-8)12-13-11(9)15(2,3)4/h5-7H,1-4H3,(H,12,13). The normalized spacial score (nSPS) is 12.0. The van der Waals surface area contributed by atoms with Gasteiger partial charge in [-0.05, 0) is 12.1 Å². The van der Waals surface area contributed by atoms with E-state index in [2.05, 4.69) is 35.9 Å². The lowest BCUT2D eigenvalue weighted by Crippen LogP contribution is -2.39. The lowest BCUT2D eigenvalue weighted by molar-refractivity contribution is 0.415. The van der Waals surface area contributed by atoms with Crippen LogP contribution in [0.15, 0.2) is 18.2 Å². The molecule has 1 aromatic heterocycles. The molecule has 0 aliphatic carbocycles. The van der Waals surface area contributed by atoms with Gasteiger partial charge in [0.05, 0.1) is 12.6 Å². The molecule has 0 bridgehead atoms. The van der Waals surface area contributed by atoms with Crippen LogP contribution in [-0.2, 0) is 0 Å². The molecule has 0 unspecified atom stereocenters. The summed E-state index contributed by atoms with van der Waals surface area (Å²) in [6, 6.07) is 6.04. The smallest absolute Gasteiger partial charge is 0.121 e. The van der Waals surface area contributed by atoms with Gasteiger partial charge in [0.15, 0.2) is 0 Å². The van der Waals surface area contributed by atoms with Crippen molar-refractivity contribution in [3.05, 3.63) is 18.2 Å². The molecule has 0 saturated carbocycles. The van der Waals surface area contributed by atoms with Crippen LogP contribution in [0.2, 0.25) is 19.6 Å². The maximum absolute atomic E-state index is 5.17. The number of H-pyrrole nitrogens is 1. The van der Waals surface area contributed by atoms with Crippen LogP contribution in [0.5, 0.6) is 5.75 Å². The number of rotatable bonds is 2. The highest BCUT2D eigenvalue weighted by Crippen LogP contribution is 2.19. The maximum atomic E-state index is 5.17. The van der Waals surface area contributed by atoms with Crippen LogP contribution in [0.1, 0.15) is 0 Å². The van der Waals surface area contributed by atoms with Crippen molar-refractivity contribution < 1.29 is 4.74 Å². The number of aromatic nitrogens is 2. The van der Waals surface area contributed by atoms with E-state index < -0.39 is 8.07 Å². The first kappa shape index (κ1) is 10.2. The van der Waals surface area contributed by atoms with Gasteiger partial charge in [0.2, 0.25) is 0 Å². The summed E-state index contributed by atoms with van der Waals surface area (Å²) in [6.07, 6.45) is 0. The molecule has 0 saturated heterocycles. The minimum Gasteiger partial charge on any atom is -0.497 e. The van der Waals surface area contributed by atoms with Gasteiger partial charge in [0, 0.05) is 16.8 Å². The number of ether oxygens (including phenoxy) is 1. The van der Waals surface area contributed by atoms with Crippen LogP contribution in [0.3, 0.4) is 0 Å². The molecule has 0 amide bonds. The van der Waals surface area contributed by atoms with Crippen molar-refractivity contribution in [3.8, 4) is 5.75 Å². The molecule has 2 aromatic rings. The van der Waals surface area contributed by atoms with Gasteiger partial charge >= 0.3 is 0 Å². The predicted molar refractivity (Wildman–Crippen MR) is 65.6 cm³/mol. The molecule has 0 spiro atoms. The van der Waals surface area contributed by atoms with Gasteiger partial charge in [-0.25, -0.2) is 0 Å². The lowest BCUT2D eigenvalue weighted by atomic mass is 10.2. The molecule has 0 radical (unpaired) electrons. The van der Waals surface area contributed by atoms with Crippen LogP contribution in [0, 0.1) is 0 Å². The van der Waals surface area contributed by atoms with E-state index >= 15 is 0 Å². The summed E-state index contributed by atoms with van der Waals surface area (Å²) >= 11 is 0. The van der Waals surface area contributed by atoms with E-state index in [1.54, 1.807) is 7.11 Å². The Hall–Kier alpha value is -1.29. The van der Waals surface area contributed by atoms with Crippen LogP contribution in [-0.4, -0.2) is 25.4 Å². The van der Waals surface area contributed by atoms with Gasteiger partial charge in [0.1, 0.15) is 13.8 Å². The topological polar surface area (TPSA) is 37.9 Å². The van der Waals surface area contributed by atoms with Gasteiger partial charge in [-0.1, -0.05) is 19.6 Å². The average Bonchev–Trinajstić information content (AvgIpc) is 2.59. The third kappa shape index (κ3) is 1.77.